The van der Waals surface area contributed by atoms with Gasteiger partial charge in [0.1, 0.15) is 0 Å². The van der Waals surface area contributed by atoms with Crippen LogP contribution in [-0.2, 0) is 14.7 Å². The van der Waals surface area contributed by atoms with Crippen molar-refractivity contribution in [3.63, 3.8) is 0 Å². The Balaban J connectivity index is 2.03. The molecule has 0 saturated carbocycles. The van der Waals surface area contributed by atoms with Gasteiger partial charge >= 0.3 is 0 Å². The van der Waals surface area contributed by atoms with Crippen molar-refractivity contribution in [2.24, 2.45) is 0 Å². The van der Waals surface area contributed by atoms with E-state index in [1.54, 1.807) is 7.11 Å². The van der Waals surface area contributed by atoms with Crippen LogP contribution < -0.4 is 0 Å². The van der Waals surface area contributed by atoms with Crippen LogP contribution in [0.15, 0.2) is 60.7 Å². The second kappa shape index (κ2) is 6.20. The summed E-state index contributed by atoms with van der Waals surface area (Å²) in [4.78, 5) is 5.59. The molecule has 2 aromatic rings. The molecular formula is C17H19NO3S. The van der Waals surface area contributed by atoms with E-state index in [-0.39, 0.29) is 23.6 Å². The van der Waals surface area contributed by atoms with Crippen LogP contribution in [0.2, 0.25) is 0 Å². The molecule has 2 aromatic carbocycles. The third-order valence-corrected chi connectivity index (χ3v) is 5.66. The summed E-state index contributed by atoms with van der Waals surface area (Å²) in [6, 6.07) is 18.7. The van der Waals surface area contributed by atoms with E-state index in [1.807, 2.05) is 65.7 Å². The van der Waals surface area contributed by atoms with Crippen LogP contribution in [-0.4, -0.2) is 32.1 Å². The summed E-state index contributed by atoms with van der Waals surface area (Å²) in [5, 5.41) is 1.81. The average Bonchev–Trinajstić information content (AvgIpc) is 2.55. The predicted molar refractivity (Wildman–Crippen MR) is 85.9 cm³/mol. The highest BCUT2D eigenvalue weighted by Crippen LogP contribution is 2.37. The molecule has 1 aliphatic rings. The quantitative estimate of drug-likeness (QED) is 0.873. The summed E-state index contributed by atoms with van der Waals surface area (Å²) in [5.41, 5.74) is 1.90. The molecule has 0 aliphatic carbocycles. The van der Waals surface area contributed by atoms with Crippen LogP contribution in [0.3, 0.4) is 0 Å². The lowest BCUT2D eigenvalue weighted by molar-refractivity contribution is -0.188. The highest BCUT2D eigenvalue weighted by atomic mass is 32.2. The van der Waals surface area contributed by atoms with Gasteiger partial charge in [-0.05, 0) is 11.1 Å². The highest BCUT2D eigenvalue weighted by Gasteiger charge is 2.40. The van der Waals surface area contributed by atoms with Crippen molar-refractivity contribution in [3.05, 3.63) is 71.8 Å². The second-order valence-electron chi connectivity index (χ2n) is 5.47. The normalized spacial score (nSPS) is 25.0. The first kappa shape index (κ1) is 15.2. The monoisotopic (exact) mass is 317 g/mol. The van der Waals surface area contributed by atoms with Crippen molar-refractivity contribution in [3.8, 4) is 0 Å². The van der Waals surface area contributed by atoms with Gasteiger partial charge in [-0.2, -0.15) is 5.06 Å². The Kier molecular flexibility index (Phi) is 4.29. The number of nitrogens with zero attached hydrogens (tertiary/aromatic N) is 1. The highest BCUT2D eigenvalue weighted by molar-refractivity contribution is 7.91. The Bertz CT molecular complexity index is 661. The molecule has 1 heterocycles. The van der Waals surface area contributed by atoms with Gasteiger partial charge in [0, 0.05) is 0 Å². The van der Waals surface area contributed by atoms with Gasteiger partial charge in [0.15, 0.2) is 9.84 Å². The van der Waals surface area contributed by atoms with E-state index in [0.717, 1.165) is 11.1 Å². The molecule has 4 nitrogen and oxygen atoms in total. The molecular weight excluding hydrogens is 298 g/mol. The molecule has 2 atom stereocenters. The smallest absolute Gasteiger partial charge is 0.154 e. The molecule has 0 N–H and O–H groups in total. The fourth-order valence-corrected chi connectivity index (χ4v) is 4.78. The summed E-state index contributed by atoms with van der Waals surface area (Å²) >= 11 is 0. The van der Waals surface area contributed by atoms with Crippen LogP contribution in [0.5, 0.6) is 0 Å². The Morgan fingerprint density at radius 2 is 1.27 bits per heavy atom. The van der Waals surface area contributed by atoms with Gasteiger partial charge in [-0.3, -0.25) is 0 Å². The van der Waals surface area contributed by atoms with Gasteiger partial charge in [0.05, 0.1) is 30.7 Å². The molecule has 2 unspecified atom stereocenters. The largest absolute Gasteiger partial charge is 0.301 e. The number of hydroxylamine groups is 2. The Morgan fingerprint density at radius 3 is 1.64 bits per heavy atom. The van der Waals surface area contributed by atoms with E-state index in [1.165, 1.54) is 0 Å². The lowest BCUT2D eigenvalue weighted by atomic mass is 10.0. The van der Waals surface area contributed by atoms with Gasteiger partial charge in [0.25, 0.3) is 0 Å². The SMILES string of the molecule is CON1C(c2ccccc2)CS(=O)(=O)CC1c1ccccc1. The summed E-state index contributed by atoms with van der Waals surface area (Å²) < 4.78 is 24.8. The molecule has 0 bridgehead atoms. The lowest BCUT2D eigenvalue weighted by Gasteiger charge is -2.40. The average molecular weight is 317 g/mol. The Morgan fingerprint density at radius 1 is 0.864 bits per heavy atom. The van der Waals surface area contributed by atoms with Crippen LogP contribution >= 0.6 is 0 Å². The molecule has 1 fully saturated rings. The third kappa shape index (κ3) is 3.06. The minimum Gasteiger partial charge on any atom is -0.301 e. The first-order valence-corrected chi connectivity index (χ1v) is 9.05. The summed E-state index contributed by atoms with van der Waals surface area (Å²) in [7, 11) is -1.54. The molecule has 22 heavy (non-hydrogen) atoms. The van der Waals surface area contributed by atoms with Crippen molar-refractivity contribution >= 4 is 9.84 Å². The molecule has 5 heteroatoms. The van der Waals surface area contributed by atoms with Crippen LogP contribution in [0.4, 0.5) is 0 Å². The zero-order valence-electron chi connectivity index (χ0n) is 12.4. The van der Waals surface area contributed by atoms with E-state index in [0.29, 0.717) is 0 Å². The van der Waals surface area contributed by atoms with Crippen LogP contribution in [0, 0.1) is 0 Å². The van der Waals surface area contributed by atoms with Crippen molar-refractivity contribution < 1.29 is 13.3 Å². The van der Waals surface area contributed by atoms with Crippen molar-refractivity contribution in [1.29, 1.82) is 0 Å². The fraction of sp³-hybridized carbons (Fsp3) is 0.294. The molecule has 1 aliphatic heterocycles. The molecule has 3 rings (SSSR count). The summed E-state index contributed by atoms with van der Waals surface area (Å²) in [6.07, 6.45) is 0. The molecule has 0 aromatic heterocycles. The maximum atomic E-state index is 12.4. The fourth-order valence-electron chi connectivity index (χ4n) is 3.00. The van der Waals surface area contributed by atoms with Crippen LogP contribution in [0.1, 0.15) is 23.2 Å². The maximum Gasteiger partial charge on any atom is 0.154 e. The predicted octanol–water partition coefficient (Wildman–Crippen LogP) is 2.76. The molecule has 1 saturated heterocycles. The third-order valence-electron chi connectivity index (χ3n) is 4.02. The number of hydrogen-bond donors (Lipinski definition) is 0. The Labute approximate surface area is 131 Å². The van der Waals surface area contributed by atoms with E-state index in [4.69, 9.17) is 4.84 Å². The number of rotatable bonds is 3. The van der Waals surface area contributed by atoms with Gasteiger partial charge in [-0.1, -0.05) is 60.7 Å². The second-order valence-corrected chi connectivity index (χ2v) is 7.63. The minimum absolute atomic E-state index is 0.0776. The zero-order valence-corrected chi connectivity index (χ0v) is 13.2. The van der Waals surface area contributed by atoms with E-state index in [2.05, 4.69) is 0 Å². The first-order chi connectivity index (χ1) is 10.6. The lowest BCUT2D eigenvalue weighted by Crippen LogP contribution is -2.44. The Hall–Kier alpha value is -1.69. The topological polar surface area (TPSA) is 46.6 Å². The summed E-state index contributed by atoms with van der Waals surface area (Å²) in [5.74, 6) is 0.155. The molecule has 0 radical (unpaired) electrons. The maximum absolute atomic E-state index is 12.4. The van der Waals surface area contributed by atoms with E-state index < -0.39 is 9.84 Å². The van der Waals surface area contributed by atoms with Crippen molar-refractivity contribution in [2.75, 3.05) is 18.6 Å². The number of hydrogen-bond acceptors (Lipinski definition) is 4. The van der Waals surface area contributed by atoms with Crippen LogP contribution in [0.25, 0.3) is 0 Å². The van der Waals surface area contributed by atoms with Gasteiger partial charge < -0.3 is 4.84 Å². The van der Waals surface area contributed by atoms with E-state index >= 15 is 0 Å². The van der Waals surface area contributed by atoms with Gasteiger partial charge in [0.2, 0.25) is 0 Å². The number of sulfone groups is 1. The number of benzene rings is 2. The summed E-state index contributed by atoms with van der Waals surface area (Å²) in [6.45, 7) is 0. The zero-order chi connectivity index (χ0) is 15.6. The first-order valence-electron chi connectivity index (χ1n) is 7.23. The molecule has 116 valence electrons. The standard InChI is InChI=1S/C17H19NO3S/c1-21-18-16(14-8-4-2-5-9-14)12-22(19,20)13-17(18)15-10-6-3-7-11-15/h2-11,16-17H,12-13H2,1H3. The van der Waals surface area contributed by atoms with Crippen molar-refractivity contribution in [1.82, 2.24) is 5.06 Å². The van der Waals surface area contributed by atoms with Crippen molar-refractivity contribution in [2.45, 2.75) is 12.1 Å². The minimum atomic E-state index is -3.14. The molecule has 0 spiro atoms. The van der Waals surface area contributed by atoms with E-state index in [9.17, 15) is 8.42 Å². The van der Waals surface area contributed by atoms with Gasteiger partial charge in [-0.15, -0.1) is 0 Å². The molecule has 0 amide bonds. The van der Waals surface area contributed by atoms with Gasteiger partial charge in [-0.25, -0.2) is 8.42 Å².